The van der Waals surface area contributed by atoms with Crippen LogP contribution in [0, 0.1) is 17.5 Å². The van der Waals surface area contributed by atoms with Crippen molar-refractivity contribution < 1.29 is 13.2 Å². The first kappa shape index (κ1) is 18.7. The molecule has 0 fully saturated rings. The van der Waals surface area contributed by atoms with E-state index in [0.29, 0.717) is 0 Å². The van der Waals surface area contributed by atoms with Gasteiger partial charge < -0.3 is 0 Å². The highest BCUT2D eigenvalue weighted by Gasteiger charge is 2.15. The lowest BCUT2D eigenvalue weighted by Gasteiger charge is -2.15. The van der Waals surface area contributed by atoms with E-state index in [1.54, 1.807) is 70.5 Å². The van der Waals surface area contributed by atoms with Gasteiger partial charge in [0.2, 0.25) is 0 Å². The molecule has 0 spiro atoms. The molecule has 0 amide bonds. The lowest BCUT2D eigenvalue weighted by Crippen LogP contribution is -1.75. The van der Waals surface area contributed by atoms with E-state index >= 15 is 0 Å². The van der Waals surface area contributed by atoms with Gasteiger partial charge in [-0.1, -0.05) is 34.1 Å². The highest BCUT2D eigenvalue weighted by Crippen LogP contribution is 2.75. The predicted molar refractivity (Wildman–Crippen MR) is 104 cm³/mol. The van der Waals surface area contributed by atoms with Crippen LogP contribution in [0.1, 0.15) is 0 Å². The molecule has 0 aliphatic heterocycles. The third-order valence-electron chi connectivity index (χ3n) is 2.98. The predicted octanol–water partition coefficient (Wildman–Crippen LogP) is 8.01. The van der Waals surface area contributed by atoms with E-state index < -0.39 is 5.53 Å². The Hall–Kier alpha value is -1.07. The molecule has 0 aliphatic rings. The summed E-state index contributed by atoms with van der Waals surface area (Å²) in [6.07, 6.45) is 0. The van der Waals surface area contributed by atoms with E-state index in [2.05, 4.69) is 0 Å². The van der Waals surface area contributed by atoms with Crippen molar-refractivity contribution in [1.82, 2.24) is 0 Å². The van der Waals surface area contributed by atoms with Crippen LogP contribution in [0.15, 0.2) is 87.5 Å². The van der Waals surface area contributed by atoms with Crippen molar-refractivity contribution in [3.8, 4) is 0 Å². The van der Waals surface area contributed by atoms with Crippen LogP contribution in [0.3, 0.4) is 0 Å². The van der Waals surface area contributed by atoms with Crippen LogP contribution in [-0.4, -0.2) is 0 Å². The molecule has 0 saturated carbocycles. The number of halogens is 3. The lowest BCUT2D eigenvalue weighted by atomic mass is 10.4. The van der Waals surface area contributed by atoms with Gasteiger partial charge in [-0.3, -0.25) is 0 Å². The fourth-order valence-corrected chi connectivity index (χ4v) is 11.8. The van der Waals surface area contributed by atoms with Crippen LogP contribution in [-0.2, 0) is 0 Å². The summed E-state index contributed by atoms with van der Waals surface area (Å²) in [5.41, 5.74) is -0.736. The monoisotopic (exact) mass is 412 g/mol. The van der Waals surface area contributed by atoms with Gasteiger partial charge in [-0.2, -0.15) is 0 Å². The van der Waals surface area contributed by atoms with E-state index in [4.69, 9.17) is 0 Å². The second-order valence-electron chi connectivity index (χ2n) is 4.86. The van der Waals surface area contributed by atoms with Crippen LogP contribution in [0.25, 0.3) is 0 Å². The van der Waals surface area contributed by atoms with Gasteiger partial charge in [-0.05, 0) is 72.8 Å². The summed E-state index contributed by atoms with van der Waals surface area (Å²) in [4.78, 5) is 2.87. The Bertz CT molecular complexity index is 696. The van der Waals surface area contributed by atoms with Gasteiger partial charge in [-0.25, -0.2) is 13.2 Å². The van der Waals surface area contributed by atoms with Gasteiger partial charge in [0.1, 0.15) is 17.5 Å². The molecule has 0 N–H and O–H groups in total. The minimum Gasteiger partial charge on any atom is -0.207 e. The molecule has 128 valence electrons. The summed E-state index contributed by atoms with van der Waals surface area (Å²) >= 11 is 4.90. The van der Waals surface area contributed by atoms with Crippen molar-refractivity contribution in [2.75, 3.05) is 0 Å². The largest absolute Gasteiger partial charge is 0.207 e. The third-order valence-corrected chi connectivity index (χ3v) is 12.1. The van der Waals surface area contributed by atoms with Crippen LogP contribution < -0.4 is 0 Å². The first-order chi connectivity index (χ1) is 12.1. The van der Waals surface area contributed by atoms with Gasteiger partial charge in [0.25, 0.3) is 0 Å². The van der Waals surface area contributed by atoms with E-state index in [0.717, 1.165) is 14.7 Å². The van der Waals surface area contributed by atoms with Crippen molar-refractivity contribution in [2.24, 2.45) is 0 Å². The fourth-order valence-electron chi connectivity index (χ4n) is 1.80. The summed E-state index contributed by atoms with van der Waals surface area (Å²) < 4.78 is 39.3. The summed E-state index contributed by atoms with van der Waals surface area (Å²) in [5.74, 6) is -0.817. The molecular formula is C18H12F3PS3. The Morgan fingerprint density at radius 1 is 0.440 bits per heavy atom. The molecular weight excluding hydrogens is 400 g/mol. The molecule has 3 rings (SSSR count). The average Bonchev–Trinajstić information content (AvgIpc) is 2.61. The highest BCUT2D eigenvalue weighted by molar-refractivity contribution is 9.12. The molecule has 0 unspecified atom stereocenters. The van der Waals surface area contributed by atoms with Gasteiger partial charge in [0.15, 0.2) is 0 Å². The summed E-state index contributed by atoms with van der Waals surface area (Å²) in [6.45, 7) is 0. The minimum absolute atomic E-state index is 0.272. The summed E-state index contributed by atoms with van der Waals surface area (Å²) in [6, 6.07) is 19.0. The molecule has 3 aromatic carbocycles. The van der Waals surface area contributed by atoms with Crippen molar-refractivity contribution in [1.29, 1.82) is 0 Å². The molecule has 0 atom stereocenters. The van der Waals surface area contributed by atoms with Gasteiger partial charge in [0.05, 0.1) is 5.53 Å². The Morgan fingerprint density at radius 2 is 0.680 bits per heavy atom. The molecule has 0 nitrogen and oxygen atoms in total. The number of benzene rings is 3. The molecule has 0 radical (unpaired) electrons. The summed E-state index contributed by atoms with van der Waals surface area (Å²) in [7, 11) is 0. The molecule has 0 heterocycles. The maximum Gasteiger partial charge on any atom is 0.123 e. The zero-order valence-electron chi connectivity index (χ0n) is 12.7. The van der Waals surface area contributed by atoms with E-state index in [9.17, 15) is 13.2 Å². The normalized spacial score (nSPS) is 11.0. The smallest absolute Gasteiger partial charge is 0.123 e. The minimum atomic E-state index is -0.736. The van der Waals surface area contributed by atoms with E-state index in [1.165, 1.54) is 36.4 Å². The quantitative estimate of drug-likeness (QED) is 0.376. The zero-order valence-corrected chi connectivity index (χ0v) is 16.1. The van der Waals surface area contributed by atoms with Gasteiger partial charge >= 0.3 is 0 Å². The standard InChI is InChI=1S/C18H12F3PS3/c19-13-1-7-16(8-2-13)23-22(24-17-9-3-14(20)4-10-17)25-18-11-5-15(21)6-12-18/h1-12H. The Labute approximate surface area is 157 Å². The van der Waals surface area contributed by atoms with E-state index in [1.807, 2.05) is 0 Å². The topological polar surface area (TPSA) is 0 Å². The molecule has 25 heavy (non-hydrogen) atoms. The maximum absolute atomic E-state index is 13.1. The fraction of sp³-hybridized carbons (Fsp3) is 0. The number of rotatable bonds is 6. The Morgan fingerprint density at radius 3 is 0.920 bits per heavy atom. The number of hydrogen-bond acceptors (Lipinski definition) is 3. The van der Waals surface area contributed by atoms with Crippen molar-refractivity contribution in [2.45, 2.75) is 14.7 Å². The van der Waals surface area contributed by atoms with Crippen molar-refractivity contribution >= 4 is 39.7 Å². The average molecular weight is 412 g/mol. The van der Waals surface area contributed by atoms with Crippen molar-refractivity contribution in [3.05, 3.63) is 90.2 Å². The SMILES string of the molecule is Fc1ccc(SP(Sc2ccc(F)cc2)Sc2ccc(F)cc2)cc1. The molecule has 3 aromatic rings. The molecule has 0 saturated heterocycles. The van der Waals surface area contributed by atoms with Gasteiger partial charge in [-0.15, -0.1) is 0 Å². The highest BCUT2D eigenvalue weighted by atomic mass is 33.4. The van der Waals surface area contributed by atoms with E-state index in [-0.39, 0.29) is 17.5 Å². The number of hydrogen-bond donors (Lipinski definition) is 0. The van der Waals surface area contributed by atoms with Crippen LogP contribution in [0.2, 0.25) is 0 Å². The Kier molecular flexibility index (Phi) is 6.77. The first-order valence-corrected chi connectivity index (χ1v) is 12.8. The Balaban J connectivity index is 1.77. The lowest BCUT2D eigenvalue weighted by molar-refractivity contribution is 0.626. The molecule has 0 bridgehead atoms. The van der Waals surface area contributed by atoms with Crippen LogP contribution >= 0.6 is 39.7 Å². The second-order valence-corrected chi connectivity index (χ2v) is 14.3. The molecule has 7 heteroatoms. The third kappa shape index (κ3) is 6.00. The summed E-state index contributed by atoms with van der Waals surface area (Å²) in [5, 5.41) is 0. The molecule has 0 aromatic heterocycles. The van der Waals surface area contributed by atoms with Crippen LogP contribution in [0.5, 0.6) is 0 Å². The van der Waals surface area contributed by atoms with Gasteiger partial charge in [0, 0.05) is 14.7 Å². The first-order valence-electron chi connectivity index (χ1n) is 7.19. The zero-order chi connectivity index (χ0) is 17.6. The van der Waals surface area contributed by atoms with Crippen molar-refractivity contribution in [3.63, 3.8) is 0 Å². The molecule has 0 aliphatic carbocycles. The van der Waals surface area contributed by atoms with Crippen LogP contribution in [0.4, 0.5) is 13.2 Å². The second kappa shape index (κ2) is 9.04. The maximum atomic E-state index is 13.1.